The molecule has 0 fully saturated rings. The Morgan fingerprint density at radius 3 is 2.20 bits per heavy atom. The molecule has 0 aliphatic rings. The Hall–Kier alpha value is -4.07. The number of pyridine rings is 1. The van der Waals surface area contributed by atoms with E-state index in [1.807, 2.05) is 42.6 Å². The lowest BCUT2D eigenvalue weighted by atomic mass is 9.96. The second-order valence-electron chi connectivity index (χ2n) is 9.09. The van der Waals surface area contributed by atoms with Gasteiger partial charge in [0.15, 0.2) is 5.60 Å². The van der Waals surface area contributed by atoms with Crippen molar-refractivity contribution in [1.82, 2.24) is 4.98 Å². The number of nitrogens with two attached hydrogens (primary N) is 1. The molecule has 1 heterocycles. The summed E-state index contributed by atoms with van der Waals surface area (Å²) >= 11 is 1.66. The highest BCUT2D eigenvalue weighted by molar-refractivity contribution is 7.99. The number of anilines is 1. The topological polar surface area (TPSA) is 202 Å². The maximum absolute atomic E-state index is 10.3. The van der Waals surface area contributed by atoms with Gasteiger partial charge in [-0.1, -0.05) is 11.8 Å². The van der Waals surface area contributed by atoms with Crippen LogP contribution in [0.15, 0.2) is 58.5 Å². The summed E-state index contributed by atoms with van der Waals surface area (Å²) in [7, 11) is 3.38. The second kappa shape index (κ2) is 15.6. The number of nitrogens with one attached hydrogen (secondary N) is 1. The number of nitrogens with zero attached hydrogens (tertiary/aromatic N) is 1. The Balaban J connectivity index is 0.000000383. The Kier molecular flexibility index (Phi) is 12.6. The smallest absolute Gasteiger partial charge is 0.336 e. The lowest BCUT2D eigenvalue weighted by Gasteiger charge is -2.19. The van der Waals surface area contributed by atoms with Gasteiger partial charge in [0.25, 0.3) is 0 Å². The van der Waals surface area contributed by atoms with Crippen LogP contribution in [0.5, 0.6) is 11.5 Å². The van der Waals surface area contributed by atoms with E-state index in [2.05, 4.69) is 23.3 Å². The Labute approximate surface area is 241 Å². The summed E-state index contributed by atoms with van der Waals surface area (Å²) in [6.07, 6.45) is 1.53. The maximum atomic E-state index is 10.3. The number of carboxylic acid groups (broad SMARTS) is 3. The molecule has 41 heavy (non-hydrogen) atoms. The van der Waals surface area contributed by atoms with Gasteiger partial charge in [-0.25, -0.2) is 4.79 Å². The van der Waals surface area contributed by atoms with E-state index in [9.17, 15) is 14.4 Å². The number of methoxy groups -OCH3 is 2. The first-order valence-electron chi connectivity index (χ1n) is 12.6. The molecule has 12 nitrogen and oxygen atoms in total. The third-order valence-corrected chi connectivity index (χ3v) is 6.97. The Morgan fingerprint density at radius 2 is 1.68 bits per heavy atom. The number of hydrogen-bond donors (Lipinski definition) is 6. The van der Waals surface area contributed by atoms with Crippen molar-refractivity contribution in [3.05, 3.63) is 48.7 Å². The van der Waals surface area contributed by atoms with Crippen LogP contribution in [0.3, 0.4) is 0 Å². The van der Waals surface area contributed by atoms with E-state index in [0.717, 1.165) is 50.7 Å². The fourth-order valence-corrected chi connectivity index (χ4v) is 4.83. The first kappa shape index (κ1) is 33.1. The minimum absolute atomic E-state index is 0.304. The number of aliphatic carboxylic acids is 3. The fourth-order valence-electron chi connectivity index (χ4n) is 3.81. The number of aliphatic hydroxyl groups is 1. The molecule has 0 bridgehead atoms. The van der Waals surface area contributed by atoms with Gasteiger partial charge in [0.05, 0.1) is 43.2 Å². The van der Waals surface area contributed by atoms with Gasteiger partial charge in [-0.15, -0.1) is 0 Å². The number of benzene rings is 2. The molecular weight excluding hydrogens is 554 g/mol. The van der Waals surface area contributed by atoms with Crippen molar-refractivity contribution in [3.8, 4) is 11.5 Å². The summed E-state index contributed by atoms with van der Waals surface area (Å²) < 4.78 is 11.0. The highest BCUT2D eigenvalue weighted by atomic mass is 32.2. The largest absolute Gasteiger partial charge is 0.497 e. The number of ether oxygens (including phenoxy) is 2. The van der Waals surface area contributed by atoms with Crippen molar-refractivity contribution in [1.29, 1.82) is 0 Å². The van der Waals surface area contributed by atoms with Crippen LogP contribution in [-0.4, -0.2) is 75.7 Å². The van der Waals surface area contributed by atoms with Gasteiger partial charge in [0.2, 0.25) is 0 Å². The summed E-state index contributed by atoms with van der Waals surface area (Å²) in [6.45, 7) is 2.86. The molecule has 1 aromatic heterocycles. The summed E-state index contributed by atoms with van der Waals surface area (Å²) in [5, 5.41) is 38.5. The van der Waals surface area contributed by atoms with Gasteiger partial charge < -0.3 is 41.0 Å². The zero-order chi connectivity index (χ0) is 30.6. The Morgan fingerprint density at radius 1 is 1.05 bits per heavy atom. The predicted molar refractivity (Wildman–Crippen MR) is 154 cm³/mol. The third kappa shape index (κ3) is 9.81. The number of rotatable bonds is 14. The van der Waals surface area contributed by atoms with Crippen molar-refractivity contribution >= 4 is 46.3 Å². The second-order valence-corrected chi connectivity index (χ2v) is 10.2. The van der Waals surface area contributed by atoms with Gasteiger partial charge in [-0.3, -0.25) is 14.6 Å². The van der Waals surface area contributed by atoms with Crippen molar-refractivity contribution in [2.75, 3.05) is 26.1 Å². The molecule has 3 aromatic rings. The molecular formula is C28H35N3O9S. The average molecular weight is 590 g/mol. The SMILES string of the molecule is COc1ccc(Sc2c(OC)cc(NC(C)CCCN)c3ncccc23)cc1.O=C(O)CC(O)(CC(=O)O)C(=O)O. The first-order valence-corrected chi connectivity index (χ1v) is 13.4. The molecule has 2 aromatic carbocycles. The molecule has 0 aliphatic carbocycles. The van der Waals surface area contributed by atoms with Crippen LogP contribution in [0.2, 0.25) is 0 Å². The fraction of sp³-hybridized carbons (Fsp3) is 0.357. The molecule has 0 aliphatic heterocycles. The average Bonchev–Trinajstić information content (AvgIpc) is 2.92. The molecule has 222 valence electrons. The van der Waals surface area contributed by atoms with Crippen molar-refractivity contribution in [2.24, 2.45) is 5.73 Å². The normalized spacial score (nSPS) is 11.6. The van der Waals surface area contributed by atoms with Gasteiger partial charge in [0, 0.05) is 28.6 Å². The molecule has 1 atom stereocenters. The molecule has 7 N–H and O–H groups in total. The van der Waals surface area contributed by atoms with E-state index in [1.54, 1.807) is 26.0 Å². The quantitative estimate of drug-likeness (QED) is 0.159. The zero-order valence-electron chi connectivity index (χ0n) is 23.0. The number of hydrogen-bond acceptors (Lipinski definition) is 10. The third-order valence-electron chi connectivity index (χ3n) is 5.83. The summed E-state index contributed by atoms with van der Waals surface area (Å²) in [6, 6.07) is 14.4. The monoisotopic (exact) mass is 589 g/mol. The van der Waals surface area contributed by atoms with Gasteiger partial charge in [-0.05, 0) is 62.7 Å². The van der Waals surface area contributed by atoms with Crippen LogP contribution in [-0.2, 0) is 14.4 Å². The molecule has 1 unspecified atom stereocenters. The van der Waals surface area contributed by atoms with Crippen molar-refractivity contribution in [2.45, 2.75) is 54.0 Å². The van der Waals surface area contributed by atoms with E-state index < -0.39 is 36.4 Å². The standard InChI is InChI=1S/C22H27N3O2S.C6H8O7/c1-15(6-4-12-23)25-19-14-20(27-3)22(18-7-5-13-24-21(18)19)28-17-10-8-16(26-2)9-11-17;7-3(8)1-6(13,5(11)12)2-4(9)10/h5,7-11,13-15,25H,4,6,12,23H2,1-3H3;13H,1-2H2,(H,7,8)(H,9,10)(H,11,12). The number of carboxylic acids is 3. The summed E-state index contributed by atoms with van der Waals surface area (Å²) in [5.74, 6) is -3.35. The minimum Gasteiger partial charge on any atom is -0.497 e. The molecule has 0 saturated carbocycles. The first-order chi connectivity index (χ1) is 19.4. The van der Waals surface area contributed by atoms with Crippen LogP contribution in [0.4, 0.5) is 5.69 Å². The van der Waals surface area contributed by atoms with Crippen LogP contribution in [0, 0.1) is 0 Å². The van der Waals surface area contributed by atoms with Crippen molar-refractivity contribution < 1.29 is 44.3 Å². The van der Waals surface area contributed by atoms with Crippen LogP contribution < -0.4 is 20.5 Å². The number of fused-ring (bicyclic) bond motifs is 1. The van der Waals surface area contributed by atoms with Gasteiger partial charge in [-0.2, -0.15) is 0 Å². The summed E-state index contributed by atoms with van der Waals surface area (Å²) in [5.41, 5.74) is 4.83. The van der Waals surface area contributed by atoms with E-state index in [-0.39, 0.29) is 0 Å². The van der Waals surface area contributed by atoms with Crippen LogP contribution in [0.1, 0.15) is 32.6 Å². The maximum Gasteiger partial charge on any atom is 0.336 e. The van der Waals surface area contributed by atoms with Gasteiger partial charge in [0.1, 0.15) is 11.5 Å². The van der Waals surface area contributed by atoms with E-state index >= 15 is 0 Å². The molecule has 0 saturated heterocycles. The number of aromatic nitrogens is 1. The number of carbonyl (C=O) groups is 3. The molecule has 3 rings (SSSR count). The molecule has 0 amide bonds. The Bertz CT molecular complexity index is 1320. The molecule has 0 radical (unpaired) electrons. The zero-order valence-corrected chi connectivity index (χ0v) is 23.8. The van der Waals surface area contributed by atoms with E-state index in [0.29, 0.717) is 12.6 Å². The molecule has 0 spiro atoms. The summed E-state index contributed by atoms with van der Waals surface area (Å²) in [4.78, 5) is 37.3. The lowest BCUT2D eigenvalue weighted by Crippen LogP contribution is -2.42. The van der Waals surface area contributed by atoms with Gasteiger partial charge >= 0.3 is 17.9 Å². The van der Waals surface area contributed by atoms with E-state index in [1.165, 1.54) is 0 Å². The van der Waals surface area contributed by atoms with Crippen LogP contribution in [0.25, 0.3) is 10.9 Å². The van der Waals surface area contributed by atoms with E-state index in [4.69, 9.17) is 35.6 Å². The minimum atomic E-state index is -2.74. The predicted octanol–water partition coefficient (Wildman–Crippen LogP) is 3.69. The molecule has 13 heteroatoms. The highest BCUT2D eigenvalue weighted by Crippen LogP contribution is 2.43. The van der Waals surface area contributed by atoms with Crippen LogP contribution >= 0.6 is 11.8 Å². The lowest BCUT2D eigenvalue weighted by molar-refractivity contribution is -0.170. The highest BCUT2D eigenvalue weighted by Gasteiger charge is 2.40. The van der Waals surface area contributed by atoms with Crippen molar-refractivity contribution in [3.63, 3.8) is 0 Å².